The Morgan fingerprint density at radius 3 is 2.03 bits per heavy atom. The summed E-state index contributed by atoms with van der Waals surface area (Å²) in [6.45, 7) is 6.57. The summed E-state index contributed by atoms with van der Waals surface area (Å²) in [6.07, 6.45) is 12.0. The van der Waals surface area contributed by atoms with E-state index in [1.165, 1.54) is 25.7 Å². The zero-order chi connectivity index (χ0) is 23.7. The van der Waals surface area contributed by atoms with E-state index in [-0.39, 0.29) is 5.97 Å². The van der Waals surface area contributed by atoms with Crippen LogP contribution in [0.4, 0.5) is 0 Å². The molecule has 0 saturated heterocycles. The van der Waals surface area contributed by atoms with Crippen molar-refractivity contribution in [2.45, 2.75) is 71.1 Å². The van der Waals surface area contributed by atoms with Gasteiger partial charge in [0.1, 0.15) is 17.2 Å². The second-order valence-electron chi connectivity index (χ2n) is 8.01. The summed E-state index contributed by atoms with van der Waals surface area (Å²) in [4.78, 5) is 24.3. The molecule has 0 radical (unpaired) electrons. The van der Waals surface area contributed by atoms with Crippen LogP contribution in [0.2, 0.25) is 0 Å². The predicted octanol–water partition coefficient (Wildman–Crippen LogP) is 7.15. The van der Waals surface area contributed by atoms with Gasteiger partial charge in [-0.15, -0.1) is 12.8 Å². The van der Waals surface area contributed by atoms with Crippen LogP contribution in [0.15, 0.2) is 48.5 Å². The molecule has 0 amide bonds. The minimum absolute atomic E-state index is 0.262. The van der Waals surface area contributed by atoms with Crippen molar-refractivity contribution in [1.29, 1.82) is 0 Å². The van der Waals surface area contributed by atoms with Gasteiger partial charge in [0, 0.05) is 6.42 Å². The lowest BCUT2D eigenvalue weighted by atomic mass is 10.1. The number of ether oxygens (including phenoxy) is 3. The van der Waals surface area contributed by atoms with Crippen LogP contribution in [-0.2, 0) is 4.79 Å². The first-order chi connectivity index (χ1) is 16.1. The molecule has 2 aromatic rings. The Labute approximate surface area is 198 Å². The number of carbonyl (C=O) groups excluding carboxylic acids is 2. The molecule has 2 aromatic carbocycles. The molecule has 0 atom stereocenters. The summed E-state index contributed by atoms with van der Waals surface area (Å²) in [7, 11) is 0. The highest BCUT2D eigenvalue weighted by Crippen LogP contribution is 2.20. The van der Waals surface area contributed by atoms with Crippen molar-refractivity contribution in [2.24, 2.45) is 0 Å². The van der Waals surface area contributed by atoms with Gasteiger partial charge in [0.25, 0.3) is 0 Å². The quantitative estimate of drug-likeness (QED) is 0.117. The van der Waals surface area contributed by atoms with Crippen LogP contribution in [0.3, 0.4) is 0 Å². The van der Waals surface area contributed by atoms with E-state index >= 15 is 0 Å². The van der Waals surface area contributed by atoms with Gasteiger partial charge < -0.3 is 14.2 Å². The number of hydrogen-bond acceptors (Lipinski definition) is 5. The Balaban J connectivity index is 1.72. The summed E-state index contributed by atoms with van der Waals surface area (Å²) in [6, 6.07) is 13.4. The van der Waals surface area contributed by atoms with E-state index in [4.69, 9.17) is 14.2 Å². The van der Waals surface area contributed by atoms with Crippen molar-refractivity contribution in [3.05, 3.63) is 67.4 Å². The van der Waals surface area contributed by atoms with Crippen molar-refractivity contribution in [2.75, 3.05) is 6.61 Å². The van der Waals surface area contributed by atoms with Gasteiger partial charge in [-0.1, -0.05) is 52.4 Å². The van der Waals surface area contributed by atoms with Crippen LogP contribution in [0.1, 0.15) is 81.5 Å². The maximum atomic E-state index is 12.4. The number of hydrogen-bond donors (Lipinski definition) is 0. The standard InChI is InChI=1S/C28H36O5/c1-3-5-7-9-11-13-27(29)32-25-18-20-26(21-19-25)33-28(30)23-14-16-24(17-15-23)31-22-12-10-8-6-4-2/h3,14-21H,1,4-13,22H2,2H3. The van der Waals surface area contributed by atoms with Gasteiger partial charge >= 0.3 is 11.9 Å². The molecule has 0 aromatic heterocycles. The number of unbranched alkanes of at least 4 members (excludes halogenated alkanes) is 8. The normalized spacial score (nSPS) is 10.6. The van der Waals surface area contributed by atoms with Crippen LogP contribution in [0, 0.1) is 13.3 Å². The average molecular weight is 453 g/mol. The average Bonchev–Trinajstić information content (AvgIpc) is 2.83. The Hall–Kier alpha value is -2.95. The molecule has 0 fully saturated rings. The van der Waals surface area contributed by atoms with E-state index in [2.05, 4.69) is 13.8 Å². The fraction of sp³-hybridized carbons (Fsp3) is 0.429. The summed E-state index contributed by atoms with van der Waals surface area (Å²) in [5.74, 6) is 0.847. The summed E-state index contributed by atoms with van der Waals surface area (Å²) in [5, 5.41) is 0. The van der Waals surface area contributed by atoms with Crippen LogP contribution in [-0.4, -0.2) is 18.5 Å². The SMILES string of the molecule is [CH2+][CH-]CCCCCC(=O)Oc1ccc(OC(=O)c2ccc(OCCCCCCC)cc2)cc1. The van der Waals surface area contributed by atoms with Crippen molar-refractivity contribution < 1.29 is 23.8 Å². The molecular weight excluding hydrogens is 416 g/mol. The maximum absolute atomic E-state index is 12.4. The molecule has 5 nitrogen and oxygen atoms in total. The predicted molar refractivity (Wildman–Crippen MR) is 130 cm³/mol. The van der Waals surface area contributed by atoms with Gasteiger partial charge in [0.15, 0.2) is 0 Å². The van der Waals surface area contributed by atoms with E-state index in [0.717, 1.165) is 37.9 Å². The van der Waals surface area contributed by atoms with E-state index in [9.17, 15) is 9.59 Å². The van der Waals surface area contributed by atoms with Gasteiger partial charge in [0.2, 0.25) is 0 Å². The van der Waals surface area contributed by atoms with E-state index in [1.807, 2.05) is 6.42 Å². The summed E-state index contributed by atoms with van der Waals surface area (Å²) >= 11 is 0. The molecule has 178 valence electrons. The number of rotatable bonds is 16. The summed E-state index contributed by atoms with van der Waals surface area (Å²) in [5.41, 5.74) is 0.442. The summed E-state index contributed by atoms with van der Waals surface area (Å²) < 4.78 is 16.5. The van der Waals surface area contributed by atoms with Gasteiger partial charge in [0.05, 0.1) is 12.2 Å². The molecule has 0 aliphatic heterocycles. The van der Waals surface area contributed by atoms with E-state index in [1.54, 1.807) is 48.5 Å². The van der Waals surface area contributed by atoms with Gasteiger partial charge in [-0.2, -0.15) is 0 Å². The Morgan fingerprint density at radius 2 is 1.36 bits per heavy atom. The number of carbonyl (C=O) groups is 2. The van der Waals surface area contributed by atoms with Gasteiger partial charge in [-0.3, -0.25) is 4.79 Å². The number of benzene rings is 2. The topological polar surface area (TPSA) is 61.8 Å². The smallest absolute Gasteiger partial charge is 0.343 e. The molecule has 0 bridgehead atoms. The van der Waals surface area contributed by atoms with Crippen molar-refractivity contribution in [3.63, 3.8) is 0 Å². The van der Waals surface area contributed by atoms with E-state index in [0.29, 0.717) is 30.1 Å². The maximum Gasteiger partial charge on any atom is 0.343 e. The van der Waals surface area contributed by atoms with Crippen LogP contribution >= 0.6 is 0 Å². The molecule has 0 N–H and O–H groups in total. The second-order valence-corrected chi connectivity index (χ2v) is 8.01. The lowest BCUT2D eigenvalue weighted by Crippen LogP contribution is -2.09. The third-order valence-electron chi connectivity index (χ3n) is 5.16. The highest BCUT2D eigenvalue weighted by Gasteiger charge is 2.10. The molecular formula is C28H36O5. The second kappa shape index (κ2) is 15.8. The Morgan fingerprint density at radius 1 is 0.758 bits per heavy atom. The monoisotopic (exact) mass is 452 g/mol. The van der Waals surface area contributed by atoms with Crippen LogP contribution in [0.25, 0.3) is 0 Å². The first-order valence-electron chi connectivity index (χ1n) is 12.0. The first-order valence-corrected chi connectivity index (χ1v) is 12.0. The third-order valence-corrected chi connectivity index (χ3v) is 5.16. The minimum Gasteiger partial charge on any atom is -0.494 e. The molecule has 2 rings (SSSR count). The Kier molecular flexibility index (Phi) is 12.6. The molecule has 0 aliphatic rings. The molecule has 0 unspecified atom stereocenters. The highest BCUT2D eigenvalue weighted by atomic mass is 16.5. The molecule has 0 heterocycles. The largest absolute Gasteiger partial charge is 0.494 e. The Bertz CT molecular complexity index is 811. The first kappa shape index (κ1) is 26.3. The molecule has 33 heavy (non-hydrogen) atoms. The van der Waals surface area contributed by atoms with Crippen molar-refractivity contribution >= 4 is 11.9 Å². The van der Waals surface area contributed by atoms with E-state index < -0.39 is 5.97 Å². The number of esters is 2. The molecule has 0 spiro atoms. The fourth-order valence-corrected chi connectivity index (χ4v) is 3.24. The molecule has 5 heteroatoms. The van der Waals surface area contributed by atoms with Crippen LogP contribution in [0.5, 0.6) is 17.2 Å². The zero-order valence-electron chi connectivity index (χ0n) is 19.7. The van der Waals surface area contributed by atoms with Gasteiger partial charge in [-0.05, 0) is 61.4 Å². The van der Waals surface area contributed by atoms with Gasteiger partial charge in [-0.25, -0.2) is 4.79 Å². The zero-order valence-corrected chi connectivity index (χ0v) is 19.7. The van der Waals surface area contributed by atoms with Crippen molar-refractivity contribution in [3.8, 4) is 17.2 Å². The van der Waals surface area contributed by atoms with Crippen molar-refractivity contribution in [1.82, 2.24) is 0 Å². The van der Waals surface area contributed by atoms with Crippen LogP contribution < -0.4 is 14.2 Å². The lowest BCUT2D eigenvalue weighted by molar-refractivity contribution is -0.134. The minimum atomic E-state index is -0.453. The lowest BCUT2D eigenvalue weighted by Gasteiger charge is -2.08. The fourth-order valence-electron chi connectivity index (χ4n) is 3.24. The molecule has 0 saturated carbocycles. The third kappa shape index (κ3) is 11.0. The molecule has 0 aliphatic carbocycles. The highest BCUT2D eigenvalue weighted by molar-refractivity contribution is 5.91.